The highest BCUT2D eigenvalue weighted by molar-refractivity contribution is 7.69. The predicted molar refractivity (Wildman–Crippen MR) is 104 cm³/mol. The van der Waals surface area contributed by atoms with Gasteiger partial charge in [-0.3, -0.25) is 4.57 Å². The highest BCUT2D eigenvalue weighted by Crippen LogP contribution is 2.64. The predicted octanol–water partition coefficient (Wildman–Crippen LogP) is 5.72. The van der Waals surface area contributed by atoms with Crippen molar-refractivity contribution in [3.8, 4) is 16.9 Å². The summed E-state index contributed by atoms with van der Waals surface area (Å²) in [4.78, 5) is 0. The first-order chi connectivity index (χ1) is 12.1. The number of hydrogen-bond donors (Lipinski definition) is 1. The van der Waals surface area contributed by atoms with E-state index in [0.29, 0.717) is 23.9 Å². The second kappa shape index (κ2) is 7.35. The lowest BCUT2D eigenvalue weighted by molar-refractivity contribution is 0.0894. The summed E-state index contributed by atoms with van der Waals surface area (Å²) in [6, 6.07) is 15.3. The van der Waals surface area contributed by atoms with Crippen LogP contribution in [-0.2, 0) is 4.57 Å². The molecule has 0 fully saturated rings. The molecule has 0 saturated heterocycles. The summed E-state index contributed by atoms with van der Waals surface area (Å²) < 4.78 is 20.3. The minimum Gasteiger partial charge on any atom is -0.437 e. The van der Waals surface area contributed by atoms with Crippen LogP contribution in [0.5, 0.6) is 5.75 Å². The Labute approximate surface area is 150 Å². The number of unbranched alkanes of at least 4 members (excludes halogenated alkanes) is 2. The maximum absolute atomic E-state index is 14.2. The molecule has 0 amide bonds. The first-order valence-corrected chi connectivity index (χ1v) is 10.9. The zero-order valence-electron chi connectivity index (χ0n) is 15.1. The van der Waals surface area contributed by atoms with Gasteiger partial charge in [-0.05, 0) is 30.5 Å². The van der Waals surface area contributed by atoms with Gasteiger partial charge in [-0.15, -0.1) is 0 Å². The Morgan fingerprint density at radius 1 is 0.920 bits per heavy atom. The van der Waals surface area contributed by atoms with Gasteiger partial charge < -0.3 is 9.63 Å². The van der Waals surface area contributed by atoms with E-state index in [9.17, 15) is 9.67 Å². The van der Waals surface area contributed by atoms with E-state index in [4.69, 9.17) is 4.52 Å². The van der Waals surface area contributed by atoms with Crippen molar-refractivity contribution in [2.24, 2.45) is 0 Å². The molecule has 2 aromatic rings. The van der Waals surface area contributed by atoms with Gasteiger partial charge in [-0.1, -0.05) is 75.9 Å². The molecule has 4 heteroatoms. The number of hydrogen-bond acceptors (Lipinski definition) is 3. The average molecular weight is 358 g/mol. The van der Waals surface area contributed by atoms with Crippen molar-refractivity contribution in [2.45, 2.75) is 57.7 Å². The van der Waals surface area contributed by atoms with E-state index in [1.807, 2.05) is 48.5 Å². The lowest BCUT2D eigenvalue weighted by atomic mass is 10.0. The quantitative estimate of drug-likeness (QED) is 0.644. The second-order valence-corrected chi connectivity index (χ2v) is 9.45. The summed E-state index contributed by atoms with van der Waals surface area (Å²) in [6.45, 7) is 4.17. The highest BCUT2D eigenvalue weighted by Gasteiger charge is 2.52. The van der Waals surface area contributed by atoms with Gasteiger partial charge in [0.25, 0.3) is 0 Å². The largest absolute Gasteiger partial charge is 0.437 e. The van der Waals surface area contributed by atoms with Crippen LogP contribution in [0.3, 0.4) is 0 Å². The zero-order chi connectivity index (χ0) is 17.9. The molecule has 25 heavy (non-hydrogen) atoms. The molecule has 0 saturated carbocycles. The number of fused-ring (bicyclic) bond motifs is 3. The van der Waals surface area contributed by atoms with Crippen molar-refractivity contribution < 1.29 is 14.2 Å². The van der Waals surface area contributed by atoms with Crippen molar-refractivity contribution in [2.75, 3.05) is 0 Å². The van der Waals surface area contributed by atoms with Crippen molar-refractivity contribution >= 4 is 12.7 Å². The third-order valence-electron chi connectivity index (χ3n) is 5.03. The van der Waals surface area contributed by atoms with Crippen LogP contribution in [0.4, 0.5) is 0 Å². The van der Waals surface area contributed by atoms with E-state index in [-0.39, 0.29) is 0 Å². The van der Waals surface area contributed by atoms with Crippen molar-refractivity contribution in [3.05, 3.63) is 48.5 Å². The van der Waals surface area contributed by atoms with Crippen LogP contribution in [0, 0.1) is 0 Å². The molecule has 1 heterocycles. The number of aliphatic hydroxyl groups is 1. The van der Waals surface area contributed by atoms with Crippen LogP contribution in [0.2, 0.25) is 0 Å². The fourth-order valence-electron chi connectivity index (χ4n) is 3.56. The molecule has 2 aromatic carbocycles. The Bertz CT molecular complexity index is 776. The Kier molecular flexibility index (Phi) is 5.36. The summed E-state index contributed by atoms with van der Waals surface area (Å²) >= 11 is 0. The van der Waals surface area contributed by atoms with E-state index < -0.39 is 12.7 Å². The monoisotopic (exact) mass is 358 g/mol. The molecule has 0 aliphatic carbocycles. The van der Waals surface area contributed by atoms with Crippen LogP contribution >= 0.6 is 7.37 Å². The molecule has 1 unspecified atom stereocenters. The molecule has 0 bridgehead atoms. The third kappa shape index (κ3) is 3.16. The molecular formula is C21H27O3P. The summed E-state index contributed by atoms with van der Waals surface area (Å²) in [5, 5.41) is 10.9. The molecule has 0 spiro atoms. The highest BCUT2D eigenvalue weighted by atomic mass is 31.2. The molecule has 134 valence electrons. The van der Waals surface area contributed by atoms with E-state index in [1.165, 1.54) is 0 Å². The van der Waals surface area contributed by atoms with E-state index in [0.717, 1.165) is 36.8 Å². The van der Waals surface area contributed by atoms with E-state index >= 15 is 0 Å². The van der Waals surface area contributed by atoms with Crippen LogP contribution in [0.25, 0.3) is 11.1 Å². The Morgan fingerprint density at radius 2 is 1.48 bits per heavy atom. The van der Waals surface area contributed by atoms with Gasteiger partial charge in [0.2, 0.25) is 0 Å². The van der Waals surface area contributed by atoms with Crippen molar-refractivity contribution in [1.82, 2.24) is 0 Å². The summed E-state index contributed by atoms with van der Waals surface area (Å²) in [5.41, 5.74) is 1.86. The summed E-state index contributed by atoms with van der Waals surface area (Å²) in [5.74, 6) is 0.607. The first kappa shape index (κ1) is 18.2. The molecule has 0 radical (unpaired) electrons. The van der Waals surface area contributed by atoms with Crippen molar-refractivity contribution in [1.29, 1.82) is 0 Å². The van der Waals surface area contributed by atoms with E-state index in [1.54, 1.807) is 0 Å². The number of rotatable bonds is 7. The maximum atomic E-state index is 14.2. The van der Waals surface area contributed by atoms with Gasteiger partial charge in [-0.25, -0.2) is 0 Å². The molecular weight excluding hydrogens is 331 g/mol. The van der Waals surface area contributed by atoms with Crippen LogP contribution in [0.1, 0.15) is 52.4 Å². The van der Waals surface area contributed by atoms with Crippen LogP contribution in [-0.4, -0.2) is 10.4 Å². The second-order valence-electron chi connectivity index (χ2n) is 6.85. The molecule has 3 nitrogen and oxygen atoms in total. The molecule has 3 rings (SSSR count). The Morgan fingerprint density at radius 3 is 2.12 bits per heavy atom. The van der Waals surface area contributed by atoms with Gasteiger partial charge in [0.05, 0.1) is 5.30 Å². The van der Waals surface area contributed by atoms with Gasteiger partial charge in [0.1, 0.15) is 5.75 Å². The minimum absolute atomic E-state index is 0.497. The SMILES string of the molecule is CCCCC(O)(CCCC)P1(=O)Oc2ccccc2-c2ccccc21. The number of para-hydroxylation sites is 1. The zero-order valence-corrected chi connectivity index (χ0v) is 16.0. The lowest BCUT2D eigenvalue weighted by Crippen LogP contribution is -2.37. The maximum Gasteiger partial charge on any atom is 0.308 e. The average Bonchev–Trinajstić information content (AvgIpc) is 2.65. The Hall–Kier alpha value is -1.57. The standard InChI is InChI=1S/C21H27O3P/c1-3-5-15-21(22,16-6-4-2)25(23)20-14-10-8-12-18(20)17-11-7-9-13-19(17)24-25/h7-14,22H,3-6,15-16H2,1-2H3. The fourth-order valence-corrected chi connectivity index (χ4v) is 6.42. The van der Waals surface area contributed by atoms with E-state index in [2.05, 4.69) is 13.8 Å². The first-order valence-electron chi connectivity index (χ1n) is 9.27. The van der Waals surface area contributed by atoms with Gasteiger partial charge in [0.15, 0.2) is 5.34 Å². The fraction of sp³-hybridized carbons (Fsp3) is 0.429. The molecule has 1 N–H and O–H groups in total. The van der Waals surface area contributed by atoms with Crippen LogP contribution < -0.4 is 9.83 Å². The minimum atomic E-state index is -3.46. The lowest BCUT2D eigenvalue weighted by Gasteiger charge is -2.39. The summed E-state index contributed by atoms with van der Waals surface area (Å²) in [7, 11) is -3.46. The molecule has 0 aromatic heterocycles. The normalized spacial score (nSPS) is 19.0. The Balaban J connectivity index is 2.15. The molecule has 1 aliphatic heterocycles. The van der Waals surface area contributed by atoms with Gasteiger partial charge in [0, 0.05) is 5.56 Å². The third-order valence-corrected chi connectivity index (χ3v) is 8.06. The smallest absolute Gasteiger partial charge is 0.308 e. The molecule has 1 aliphatic rings. The van der Waals surface area contributed by atoms with Gasteiger partial charge >= 0.3 is 7.37 Å². The number of benzene rings is 2. The van der Waals surface area contributed by atoms with Crippen molar-refractivity contribution in [3.63, 3.8) is 0 Å². The molecule has 1 atom stereocenters. The summed E-state index contributed by atoms with van der Waals surface area (Å²) in [6.07, 6.45) is 4.56. The topological polar surface area (TPSA) is 46.5 Å². The van der Waals surface area contributed by atoms with Gasteiger partial charge in [-0.2, -0.15) is 0 Å². The van der Waals surface area contributed by atoms with Crippen LogP contribution in [0.15, 0.2) is 48.5 Å².